The van der Waals surface area contributed by atoms with Crippen molar-refractivity contribution in [2.45, 2.75) is 147 Å². The standard InChI is InChI=1S/C49H78N7O18P3S/c1-4-5-6-7-8-9-10-11-12-13-14-15-16-17-18-19-20-21-22-23-24-25-26-27-37(57)32-40(59)78-31-30-51-39(58)28-29-52-47(62)44(61)49(2,3)34-71-77(68,69)74-76(66,67)70-33-38-43(73-75(63,64)65)42(60)48(72-38)56-36-55-41-45(50)53-35-54-46(41)56/h5-6,8-9,11-12,14-15,17-18,20-21,35-38,42-44,48,57,60-61H,4,7,10,13,16,19,22-34H2,1-3H3,(H,51,58)(H,52,62)(H,66,67)(H,68,69)(H2,50,53,54)(H2,63,64,65)/p-4/b6-5-,9-8-,12-11-,15-14-,18-17-,21-20-/t37-,38-,42-,43-,44+,48-/m1/s1. The number of carbonyl (C=O) groups is 3. The molecule has 29 heteroatoms. The molecule has 0 spiro atoms. The number of hydrogen-bond donors (Lipinski definition) is 6. The Hall–Kier alpha value is -4.04. The largest absolute Gasteiger partial charge is 0.790 e. The topological polar surface area (TPSA) is 395 Å². The number of rotatable bonds is 39. The number of aromatic nitrogens is 4. The summed E-state index contributed by atoms with van der Waals surface area (Å²) in [4.78, 5) is 97.2. The van der Waals surface area contributed by atoms with Crippen molar-refractivity contribution < 1.29 is 85.6 Å². The molecule has 2 amide bonds. The van der Waals surface area contributed by atoms with Crippen LogP contribution in [0.25, 0.3) is 11.2 Å². The smallest absolute Gasteiger partial charge is 0.274 e. The third-order valence-electron chi connectivity index (χ3n) is 11.4. The SMILES string of the molecule is CC/C=C\C/C=C\C/C=C\C/C=C\C/C=C\C/C=C\CCCCCC[C@@H](O)CC(=O)SCCNC(=O)CCNC(=O)[C@H](O)C(C)(C)COP(=O)([O-])OP(=O)([O-])OC[C@H]1O[C@@H](n2cnc3c(N)ncnc32)[C@H](O)[C@@H]1OP(=O)([O-])[O-]. The molecule has 1 aliphatic heterocycles. The maximum atomic E-state index is 12.7. The molecule has 78 heavy (non-hydrogen) atoms. The van der Waals surface area contributed by atoms with Crippen LogP contribution in [-0.4, -0.2) is 114 Å². The molecule has 1 saturated heterocycles. The van der Waals surface area contributed by atoms with E-state index < -0.39 is 90.7 Å². The minimum atomic E-state index is -5.94. The lowest BCUT2D eigenvalue weighted by atomic mass is 9.87. The van der Waals surface area contributed by atoms with Crippen LogP contribution in [0, 0.1) is 5.41 Å². The molecule has 0 bridgehead atoms. The van der Waals surface area contributed by atoms with Crippen LogP contribution in [0.1, 0.15) is 117 Å². The van der Waals surface area contributed by atoms with E-state index in [0.29, 0.717) is 6.42 Å². The van der Waals surface area contributed by atoms with Crippen molar-refractivity contribution in [1.82, 2.24) is 30.2 Å². The number of nitrogens with two attached hydrogens (primary N) is 1. The first kappa shape index (κ1) is 68.2. The van der Waals surface area contributed by atoms with Crippen molar-refractivity contribution in [3.05, 3.63) is 85.6 Å². The number of allylic oxidation sites excluding steroid dienone is 12. The molecule has 0 aromatic carbocycles. The van der Waals surface area contributed by atoms with E-state index >= 15 is 0 Å². The van der Waals surface area contributed by atoms with Gasteiger partial charge in [-0.25, -0.2) is 19.3 Å². The first-order valence-electron chi connectivity index (χ1n) is 25.5. The van der Waals surface area contributed by atoms with Gasteiger partial charge in [0, 0.05) is 37.1 Å². The molecule has 3 heterocycles. The highest BCUT2D eigenvalue weighted by molar-refractivity contribution is 8.13. The molecule has 0 saturated carbocycles. The summed E-state index contributed by atoms with van der Waals surface area (Å²) in [6, 6.07) is 0. The Morgan fingerprint density at radius 1 is 0.833 bits per heavy atom. The number of anilines is 1. The zero-order chi connectivity index (χ0) is 57.6. The zero-order valence-corrected chi connectivity index (χ0v) is 47.6. The van der Waals surface area contributed by atoms with Gasteiger partial charge in [0.15, 0.2) is 22.8 Å². The van der Waals surface area contributed by atoms with Crippen LogP contribution >= 0.6 is 35.2 Å². The van der Waals surface area contributed by atoms with Crippen LogP contribution in [0.5, 0.6) is 0 Å². The van der Waals surface area contributed by atoms with E-state index in [4.69, 9.17) is 10.5 Å². The third kappa shape index (κ3) is 27.4. The van der Waals surface area contributed by atoms with Gasteiger partial charge in [-0.05, 0) is 57.8 Å². The van der Waals surface area contributed by atoms with Crippen LogP contribution in [-0.2, 0) is 50.7 Å². The number of imidazole rings is 1. The molecule has 2 aromatic rings. The number of amides is 2. The fourth-order valence-corrected chi connectivity index (χ4v) is 10.7. The van der Waals surface area contributed by atoms with E-state index in [9.17, 15) is 63.0 Å². The number of nitrogens with one attached hydrogen (secondary N) is 2. The lowest BCUT2D eigenvalue weighted by Crippen LogP contribution is -2.46. The van der Waals surface area contributed by atoms with E-state index in [1.54, 1.807) is 0 Å². The summed E-state index contributed by atoms with van der Waals surface area (Å²) in [7, 11) is -17.7. The highest BCUT2D eigenvalue weighted by Crippen LogP contribution is 2.56. The van der Waals surface area contributed by atoms with E-state index in [2.05, 4.69) is 123 Å². The van der Waals surface area contributed by atoms with Gasteiger partial charge in [-0.15, -0.1) is 0 Å². The first-order valence-corrected chi connectivity index (χ1v) is 30.9. The number of phosphoric acid groups is 3. The van der Waals surface area contributed by atoms with Crippen LogP contribution in [0.2, 0.25) is 0 Å². The average molecular weight is 1170 g/mol. The molecule has 438 valence electrons. The van der Waals surface area contributed by atoms with Crippen LogP contribution < -0.4 is 35.9 Å². The van der Waals surface area contributed by atoms with Crippen molar-refractivity contribution in [3.8, 4) is 0 Å². The molecule has 0 aliphatic carbocycles. The Morgan fingerprint density at radius 2 is 1.42 bits per heavy atom. The number of nitrogen functional groups attached to an aromatic ring is 1. The fraction of sp³-hybridized carbons (Fsp3) is 0.592. The van der Waals surface area contributed by atoms with Crippen LogP contribution in [0.15, 0.2) is 85.6 Å². The van der Waals surface area contributed by atoms with Crippen molar-refractivity contribution in [2.24, 2.45) is 5.41 Å². The van der Waals surface area contributed by atoms with Gasteiger partial charge < -0.3 is 74.1 Å². The van der Waals surface area contributed by atoms with E-state index in [1.807, 2.05) is 0 Å². The van der Waals surface area contributed by atoms with Gasteiger partial charge in [0.25, 0.3) is 15.6 Å². The second kappa shape index (κ2) is 35.6. The zero-order valence-electron chi connectivity index (χ0n) is 44.1. The van der Waals surface area contributed by atoms with Crippen molar-refractivity contribution in [1.29, 1.82) is 0 Å². The van der Waals surface area contributed by atoms with E-state index in [0.717, 1.165) is 99.6 Å². The Labute approximate surface area is 459 Å². The number of aliphatic hydroxyl groups is 3. The predicted octanol–water partition coefficient (Wildman–Crippen LogP) is 3.93. The lowest BCUT2D eigenvalue weighted by Gasteiger charge is -2.36. The van der Waals surface area contributed by atoms with Gasteiger partial charge in [-0.2, -0.15) is 0 Å². The highest BCUT2D eigenvalue weighted by Gasteiger charge is 2.47. The third-order valence-corrected chi connectivity index (χ3v) is 15.3. The molecular formula is C49H74N7O18P3S-4. The van der Waals surface area contributed by atoms with Gasteiger partial charge in [0.1, 0.15) is 36.3 Å². The van der Waals surface area contributed by atoms with Gasteiger partial charge >= 0.3 is 0 Å². The van der Waals surface area contributed by atoms with E-state index in [-0.39, 0.29) is 53.8 Å². The summed E-state index contributed by atoms with van der Waals surface area (Å²) in [5.74, 6) is -1.36. The minimum absolute atomic E-state index is 0.0104. The van der Waals surface area contributed by atoms with E-state index in [1.165, 1.54) is 13.8 Å². The average Bonchev–Trinajstić information content (AvgIpc) is 4.01. The molecular weight excluding hydrogens is 1100 g/mol. The predicted molar refractivity (Wildman–Crippen MR) is 285 cm³/mol. The summed E-state index contributed by atoms with van der Waals surface area (Å²) in [6.45, 7) is 2.09. The maximum Gasteiger partial charge on any atom is 0.274 e. The second-order valence-corrected chi connectivity index (χ2v) is 23.7. The van der Waals surface area contributed by atoms with Crippen molar-refractivity contribution >= 4 is 69.1 Å². The Balaban J connectivity index is 1.23. The summed E-state index contributed by atoms with van der Waals surface area (Å²) in [5.41, 5.74) is 4.05. The number of ether oxygens (including phenoxy) is 1. The molecule has 0 radical (unpaired) electrons. The van der Waals surface area contributed by atoms with Crippen LogP contribution in [0.4, 0.5) is 5.82 Å². The fourth-order valence-electron chi connectivity index (χ4n) is 7.26. The van der Waals surface area contributed by atoms with Gasteiger partial charge in [0.05, 0.1) is 33.5 Å². The summed E-state index contributed by atoms with van der Waals surface area (Å²) in [6.07, 6.45) is 28.8. The summed E-state index contributed by atoms with van der Waals surface area (Å²) >= 11 is 0.974. The normalized spacial score (nSPS) is 20.0. The summed E-state index contributed by atoms with van der Waals surface area (Å²) in [5, 5.41) is 36.5. The summed E-state index contributed by atoms with van der Waals surface area (Å²) < 4.78 is 60.9. The quantitative estimate of drug-likeness (QED) is 0.0314. The first-order chi connectivity index (χ1) is 36.9. The molecule has 1 aliphatic rings. The lowest BCUT2D eigenvalue weighted by molar-refractivity contribution is -0.347. The molecule has 1 fully saturated rings. The van der Waals surface area contributed by atoms with Crippen molar-refractivity contribution in [3.63, 3.8) is 0 Å². The molecule has 25 nitrogen and oxygen atoms in total. The monoisotopic (exact) mass is 1170 g/mol. The van der Waals surface area contributed by atoms with Crippen LogP contribution in [0.3, 0.4) is 0 Å². The Bertz CT molecular complexity index is 2500. The molecule has 3 rings (SSSR count). The van der Waals surface area contributed by atoms with Gasteiger partial charge in [-0.1, -0.05) is 125 Å². The molecule has 7 N–H and O–H groups in total. The molecule has 2 unspecified atom stereocenters. The molecule has 2 aromatic heterocycles. The van der Waals surface area contributed by atoms with Crippen molar-refractivity contribution in [2.75, 3.05) is 37.8 Å². The number of fused-ring (bicyclic) bond motifs is 1. The second-order valence-electron chi connectivity index (χ2n) is 18.5. The number of carbonyl (C=O) groups excluding carboxylic acids is 3. The minimum Gasteiger partial charge on any atom is -0.790 e. The van der Waals surface area contributed by atoms with Gasteiger partial charge in [0.2, 0.25) is 11.8 Å². The number of hydrogen-bond acceptors (Lipinski definition) is 23. The number of unbranched alkanes of at least 4 members (excludes halogenated alkanes) is 4. The van der Waals surface area contributed by atoms with Gasteiger partial charge in [-0.3, -0.25) is 28.1 Å². The Morgan fingerprint density at radius 3 is 2.04 bits per heavy atom. The highest BCUT2D eigenvalue weighted by atomic mass is 32.2. The number of nitrogens with zero attached hydrogens (tertiary/aromatic N) is 4. The number of thioether (sulfide) groups is 1. The number of aliphatic hydroxyl groups excluding tert-OH is 3. The number of phosphoric ester groups is 3. The Kier molecular flexibility index (Phi) is 31.2. The molecule has 8 atom stereocenters. The maximum absolute atomic E-state index is 12.7.